The fourth-order valence-electron chi connectivity index (χ4n) is 4.36. The van der Waals surface area contributed by atoms with Gasteiger partial charge in [-0.3, -0.25) is 0 Å². The predicted molar refractivity (Wildman–Crippen MR) is 147 cm³/mol. The second kappa shape index (κ2) is 11.9. The molecule has 3 aromatic carbocycles. The van der Waals surface area contributed by atoms with E-state index < -0.39 is 5.97 Å². The first kappa shape index (κ1) is 26.1. The summed E-state index contributed by atoms with van der Waals surface area (Å²) in [7, 11) is 1.70. The van der Waals surface area contributed by atoms with Gasteiger partial charge in [-0.05, 0) is 70.4 Å². The van der Waals surface area contributed by atoms with Crippen molar-refractivity contribution in [3.63, 3.8) is 0 Å². The Kier molecular flexibility index (Phi) is 8.38. The third-order valence-electron chi connectivity index (χ3n) is 6.38. The lowest BCUT2D eigenvalue weighted by atomic mass is 9.73. The fourth-order valence-corrected chi connectivity index (χ4v) is 4.63. The van der Waals surface area contributed by atoms with Crippen molar-refractivity contribution in [2.45, 2.75) is 19.3 Å². The van der Waals surface area contributed by atoms with E-state index in [4.69, 9.17) is 22.4 Å². The summed E-state index contributed by atoms with van der Waals surface area (Å²) in [5, 5.41) is 13.4. The molecule has 1 aliphatic carbocycles. The van der Waals surface area contributed by atoms with E-state index in [-0.39, 0.29) is 11.7 Å². The van der Waals surface area contributed by atoms with E-state index in [1.807, 2.05) is 48.5 Å². The van der Waals surface area contributed by atoms with Gasteiger partial charge in [-0.1, -0.05) is 72.6 Å². The van der Waals surface area contributed by atoms with E-state index in [1.165, 1.54) is 12.1 Å². The summed E-state index contributed by atoms with van der Waals surface area (Å²) in [6.07, 6.45) is 5.80. The zero-order valence-corrected chi connectivity index (χ0v) is 21.1. The Balaban J connectivity index is 1.89. The van der Waals surface area contributed by atoms with Crippen LogP contribution in [0.4, 0.5) is 4.39 Å². The van der Waals surface area contributed by atoms with Crippen molar-refractivity contribution < 1.29 is 14.3 Å². The van der Waals surface area contributed by atoms with Crippen molar-refractivity contribution in [2.75, 3.05) is 7.05 Å². The number of halogens is 2. The van der Waals surface area contributed by atoms with Gasteiger partial charge < -0.3 is 10.8 Å². The molecule has 0 aromatic heterocycles. The second-order valence-corrected chi connectivity index (χ2v) is 9.18. The standard InChI is InChI=1S/C29H28ClFN4O2/c1-33-35-34-29(32)22-12-10-21(11-13-22)27(20-8-5-18(6-9-20)7-16-26(36)37)28(19-3-2-4-19)24-15-14-23(31)17-25(24)30/h5-17,19,33,35H,2-4H2,1H3,(H2,32,34)(H,36,37)/b16-7+,28-27+. The number of carboxylic acids is 1. The van der Waals surface area contributed by atoms with Crippen molar-refractivity contribution >= 4 is 40.6 Å². The quantitative estimate of drug-likeness (QED) is 0.0960. The smallest absolute Gasteiger partial charge is 0.328 e. The van der Waals surface area contributed by atoms with Crippen LogP contribution in [0.3, 0.4) is 0 Å². The molecule has 0 unspecified atom stereocenters. The summed E-state index contributed by atoms with van der Waals surface area (Å²) in [5.74, 6) is -0.777. The molecule has 4 rings (SSSR count). The third kappa shape index (κ3) is 6.25. The molecule has 1 aliphatic rings. The molecule has 1 saturated carbocycles. The lowest BCUT2D eigenvalue weighted by molar-refractivity contribution is -0.131. The summed E-state index contributed by atoms with van der Waals surface area (Å²) in [6.45, 7) is 0. The van der Waals surface area contributed by atoms with Crippen molar-refractivity contribution in [1.29, 1.82) is 0 Å². The number of aliphatic carboxylic acids is 1. The Morgan fingerprint density at radius 2 is 1.68 bits per heavy atom. The number of hydrazine groups is 1. The number of nitrogens with zero attached hydrogens (tertiary/aromatic N) is 1. The molecule has 0 saturated heterocycles. The average molecular weight is 519 g/mol. The number of nitrogens with one attached hydrogen (secondary N) is 2. The monoisotopic (exact) mass is 518 g/mol. The van der Waals surface area contributed by atoms with Crippen molar-refractivity contribution in [2.24, 2.45) is 16.8 Å². The number of allylic oxidation sites excluding steroid dienone is 1. The van der Waals surface area contributed by atoms with Crippen LogP contribution in [0.1, 0.15) is 47.1 Å². The molecule has 5 N–H and O–H groups in total. The molecule has 0 heterocycles. The van der Waals surface area contributed by atoms with Crippen LogP contribution in [0.5, 0.6) is 0 Å². The van der Waals surface area contributed by atoms with Gasteiger partial charge in [0.25, 0.3) is 0 Å². The maximum absolute atomic E-state index is 14.0. The first-order valence-corrected chi connectivity index (χ1v) is 12.3. The minimum absolute atomic E-state index is 0.274. The van der Waals surface area contributed by atoms with E-state index in [0.29, 0.717) is 10.9 Å². The topological polar surface area (TPSA) is 99.7 Å². The highest BCUT2D eigenvalue weighted by Crippen LogP contribution is 2.46. The number of nitrogens with two attached hydrogens (primary N) is 1. The molecule has 0 amide bonds. The first-order chi connectivity index (χ1) is 17.9. The van der Waals surface area contributed by atoms with Gasteiger partial charge in [-0.25, -0.2) is 20.1 Å². The minimum atomic E-state index is -1.00. The summed E-state index contributed by atoms with van der Waals surface area (Å²) in [6, 6.07) is 20.0. The predicted octanol–water partition coefficient (Wildman–Crippen LogP) is 5.68. The Morgan fingerprint density at radius 1 is 1.05 bits per heavy atom. The molecule has 0 spiro atoms. The highest BCUT2D eigenvalue weighted by molar-refractivity contribution is 6.32. The number of amidine groups is 1. The molecule has 0 bridgehead atoms. The first-order valence-electron chi connectivity index (χ1n) is 11.9. The molecule has 190 valence electrons. The van der Waals surface area contributed by atoms with E-state index in [2.05, 4.69) is 16.1 Å². The lowest BCUT2D eigenvalue weighted by Crippen LogP contribution is -2.26. The Hall–Kier alpha value is -3.94. The van der Waals surface area contributed by atoms with E-state index >= 15 is 0 Å². The zero-order chi connectivity index (χ0) is 26.4. The van der Waals surface area contributed by atoms with Crippen LogP contribution >= 0.6 is 11.6 Å². The number of hydrogen-bond acceptors (Lipinski definition) is 4. The Labute approximate surface area is 220 Å². The molecule has 6 nitrogen and oxygen atoms in total. The van der Waals surface area contributed by atoms with Crippen LogP contribution in [0.25, 0.3) is 17.2 Å². The molecule has 37 heavy (non-hydrogen) atoms. The largest absolute Gasteiger partial charge is 0.478 e. The Bertz CT molecular complexity index is 1360. The van der Waals surface area contributed by atoms with Gasteiger partial charge in [-0.2, -0.15) is 0 Å². The van der Waals surface area contributed by atoms with Crippen LogP contribution in [-0.4, -0.2) is 24.0 Å². The number of hydrogen-bond donors (Lipinski definition) is 4. The normalized spacial score (nSPS) is 14.8. The maximum Gasteiger partial charge on any atom is 0.328 e. The second-order valence-electron chi connectivity index (χ2n) is 8.77. The van der Waals surface area contributed by atoms with Crippen LogP contribution in [0, 0.1) is 11.7 Å². The summed E-state index contributed by atoms with van der Waals surface area (Å²) < 4.78 is 14.0. The average Bonchev–Trinajstić information content (AvgIpc) is 2.86. The molecule has 3 aromatic rings. The van der Waals surface area contributed by atoms with Gasteiger partial charge >= 0.3 is 5.97 Å². The van der Waals surface area contributed by atoms with E-state index in [9.17, 15) is 9.18 Å². The molecule has 0 aliphatic heterocycles. The van der Waals surface area contributed by atoms with Crippen molar-refractivity contribution in [1.82, 2.24) is 11.0 Å². The fraction of sp³-hybridized carbons (Fsp3) is 0.172. The highest BCUT2D eigenvalue weighted by atomic mass is 35.5. The van der Waals surface area contributed by atoms with Crippen molar-refractivity contribution in [3.05, 3.63) is 111 Å². The molecule has 0 atom stereocenters. The maximum atomic E-state index is 14.0. The van der Waals surface area contributed by atoms with Crippen LogP contribution in [0.2, 0.25) is 5.02 Å². The van der Waals surface area contributed by atoms with Gasteiger partial charge in [0.15, 0.2) is 5.84 Å². The zero-order valence-electron chi connectivity index (χ0n) is 20.3. The molecule has 0 radical (unpaired) electrons. The number of hydrazone groups is 1. The summed E-state index contributed by atoms with van der Waals surface area (Å²) >= 11 is 6.60. The lowest BCUT2D eigenvalue weighted by Gasteiger charge is -2.32. The molecular weight excluding hydrogens is 491 g/mol. The number of carboxylic acid groups (broad SMARTS) is 1. The highest BCUT2D eigenvalue weighted by Gasteiger charge is 2.28. The van der Waals surface area contributed by atoms with Gasteiger partial charge in [0, 0.05) is 18.7 Å². The number of benzene rings is 3. The molecule has 1 fully saturated rings. The Morgan fingerprint density at radius 3 is 2.22 bits per heavy atom. The van der Waals surface area contributed by atoms with Gasteiger partial charge in [0.1, 0.15) is 5.82 Å². The summed E-state index contributed by atoms with van der Waals surface area (Å²) in [5.41, 5.74) is 17.7. The van der Waals surface area contributed by atoms with Gasteiger partial charge in [-0.15, -0.1) is 5.10 Å². The molecular formula is C29H28ClFN4O2. The van der Waals surface area contributed by atoms with Gasteiger partial charge in [0.2, 0.25) is 0 Å². The third-order valence-corrected chi connectivity index (χ3v) is 6.69. The van der Waals surface area contributed by atoms with E-state index in [0.717, 1.165) is 64.3 Å². The molecule has 8 heteroatoms. The van der Waals surface area contributed by atoms with Gasteiger partial charge in [0.05, 0.1) is 5.02 Å². The SMILES string of the molecule is CNNN=C(N)c1ccc(/C(=C(/c2ccc(F)cc2Cl)C2CCC2)c2ccc(/C=C/C(=O)O)cc2)cc1. The number of carbonyl (C=O) groups is 1. The number of rotatable bonds is 9. The van der Waals surface area contributed by atoms with Crippen LogP contribution < -0.4 is 16.7 Å². The van der Waals surface area contributed by atoms with Crippen LogP contribution in [0.15, 0.2) is 77.9 Å². The summed E-state index contributed by atoms with van der Waals surface area (Å²) in [4.78, 5) is 10.9. The van der Waals surface area contributed by atoms with Crippen molar-refractivity contribution in [3.8, 4) is 0 Å². The minimum Gasteiger partial charge on any atom is -0.478 e. The van der Waals surface area contributed by atoms with Crippen LogP contribution in [-0.2, 0) is 4.79 Å². The van der Waals surface area contributed by atoms with E-state index in [1.54, 1.807) is 19.2 Å².